The Labute approximate surface area is 142 Å². The fraction of sp³-hybridized carbons (Fsp3) is 0.722. The van der Waals surface area contributed by atoms with Crippen LogP contribution >= 0.6 is 0 Å². The molecule has 0 aliphatic carbocycles. The minimum absolute atomic E-state index is 0.265. The second-order valence-corrected chi connectivity index (χ2v) is 7.53. The van der Waals surface area contributed by atoms with Gasteiger partial charge >= 0.3 is 10.3 Å². The summed E-state index contributed by atoms with van der Waals surface area (Å²) in [5.74, 6) is 0. The smallest absolute Gasteiger partial charge is 0.218 e. The lowest BCUT2D eigenvalue weighted by Gasteiger charge is -2.03. The van der Waals surface area contributed by atoms with E-state index >= 15 is 0 Å². The Hall–Kier alpha value is -0.940. The van der Waals surface area contributed by atoms with Crippen LogP contribution in [-0.2, 0) is 14.5 Å². The van der Waals surface area contributed by atoms with Crippen molar-refractivity contribution in [1.29, 1.82) is 0 Å². The Morgan fingerprint density at radius 2 is 1.22 bits per heavy atom. The summed E-state index contributed by atoms with van der Waals surface area (Å²) in [6, 6.07) is 5.11. The molecule has 0 aliphatic rings. The summed E-state index contributed by atoms with van der Waals surface area (Å²) in [6.07, 6.45) is 16.6. The molecule has 5 heteroatoms. The van der Waals surface area contributed by atoms with Gasteiger partial charge in [-0.25, -0.2) is 4.18 Å². The minimum atomic E-state index is -3.66. The molecule has 132 valence electrons. The lowest BCUT2D eigenvalue weighted by molar-refractivity contribution is -0.520. The number of hydrogen-bond donors (Lipinski definition) is 0. The maximum atomic E-state index is 11.9. The summed E-state index contributed by atoms with van der Waals surface area (Å²) >= 11 is 0. The molecule has 0 amide bonds. The van der Waals surface area contributed by atoms with Crippen molar-refractivity contribution in [2.45, 2.75) is 77.6 Å². The molecular formula is C18H32NO3S+. The van der Waals surface area contributed by atoms with Gasteiger partial charge in [0.05, 0.1) is 6.61 Å². The highest BCUT2D eigenvalue weighted by molar-refractivity contribution is 7.80. The summed E-state index contributed by atoms with van der Waals surface area (Å²) in [7, 11) is -3.66. The number of nitrogens with zero attached hydrogens (tertiary/aromatic N) is 1. The molecular weight excluding hydrogens is 310 g/mol. The predicted octanol–water partition coefficient (Wildman–Crippen LogP) is 4.39. The molecule has 0 aromatic carbocycles. The van der Waals surface area contributed by atoms with Gasteiger partial charge in [-0.2, -0.15) is 0 Å². The topological polar surface area (TPSA) is 47.3 Å². The molecule has 1 heterocycles. The maximum absolute atomic E-state index is 11.9. The van der Waals surface area contributed by atoms with E-state index < -0.39 is 10.3 Å². The van der Waals surface area contributed by atoms with Crippen LogP contribution in [-0.4, -0.2) is 15.0 Å². The van der Waals surface area contributed by atoms with Gasteiger partial charge in [0, 0.05) is 12.1 Å². The molecule has 23 heavy (non-hydrogen) atoms. The molecule has 0 unspecified atom stereocenters. The van der Waals surface area contributed by atoms with Crippen LogP contribution in [0, 0.1) is 0 Å². The molecule has 0 saturated heterocycles. The Morgan fingerprint density at radius 1 is 0.739 bits per heavy atom. The van der Waals surface area contributed by atoms with Crippen LogP contribution in [0.5, 0.6) is 0 Å². The highest BCUT2D eigenvalue weighted by Gasteiger charge is 2.21. The molecule has 0 bridgehead atoms. The molecule has 4 nitrogen and oxygen atoms in total. The van der Waals surface area contributed by atoms with E-state index in [1.807, 2.05) is 0 Å². The van der Waals surface area contributed by atoms with Gasteiger partial charge in [0.2, 0.25) is 0 Å². The van der Waals surface area contributed by atoms with Crippen LogP contribution in [0.2, 0.25) is 0 Å². The number of aromatic nitrogens is 1. The molecule has 0 atom stereocenters. The molecule has 0 saturated carbocycles. The van der Waals surface area contributed by atoms with Gasteiger partial charge in [-0.15, -0.1) is 8.42 Å². The largest absolute Gasteiger partial charge is 0.513 e. The SMILES string of the molecule is CCCCCCCCCCCCCOS(=O)(=O)[n+]1ccccc1. The fourth-order valence-electron chi connectivity index (χ4n) is 2.52. The monoisotopic (exact) mass is 342 g/mol. The van der Waals surface area contributed by atoms with Crippen molar-refractivity contribution >= 4 is 10.3 Å². The van der Waals surface area contributed by atoms with Crippen molar-refractivity contribution in [2.24, 2.45) is 0 Å². The number of hydrogen-bond acceptors (Lipinski definition) is 3. The van der Waals surface area contributed by atoms with Gasteiger partial charge in [-0.05, 0) is 6.42 Å². The first-order valence-electron chi connectivity index (χ1n) is 9.03. The van der Waals surface area contributed by atoms with Crippen LogP contribution in [0.1, 0.15) is 77.6 Å². The van der Waals surface area contributed by atoms with Crippen LogP contribution < -0.4 is 3.97 Å². The quantitative estimate of drug-likeness (QED) is 0.372. The number of rotatable bonds is 14. The zero-order valence-electron chi connectivity index (χ0n) is 14.5. The van der Waals surface area contributed by atoms with Crippen molar-refractivity contribution in [3.63, 3.8) is 0 Å². The summed E-state index contributed by atoms with van der Waals surface area (Å²) in [6.45, 7) is 2.51. The highest BCUT2D eigenvalue weighted by Crippen LogP contribution is 2.11. The summed E-state index contributed by atoms with van der Waals surface area (Å²) < 4.78 is 29.8. The van der Waals surface area contributed by atoms with E-state index in [9.17, 15) is 8.42 Å². The lowest BCUT2D eigenvalue weighted by Crippen LogP contribution is -2.43. The first-order valence-corrected chi connectivity index (χ1v) is 10.4. The molecule has 0 fully saturated rings. The van der Waals surface area contributed by atoms with Crippen molar-refractivity contribution in [3.8, 4) is 0 Å². The van der Waals surface area contributed by atoms with Crippen molar-refractivity contribution in [3.05, 3.63) is 30.6 Å². The van der Waals surface area contributed by atoms with Crippen LogP contribution in [0.4, 0.5) is 0 Å². The second kappa shape index (κ2) is 12.5. The third kappa shape index (κ3) is 9.72. The number of unbranched alkanes of at least 4 members (excludes halogenated alkanes) is 10. The van der Waals surface area contributed by atoms with Gasteiger partial charge in [0.15, 0.2) is 12.4 Å². The normalized spacial score (nSPS) is 11.7. The molecule has 0 aliphatic heterocycles. The van der Waals surface area contributed by atoms with Gasteiger partial charge in [-0.1, -0.05) is 81.2 Å². The Morgan fingerprint density at radius 3 is 1.74 bits per heavy atom. The first kappa shape index (κ1) is 20.1. The van der Waals surface area contributed by atoms with Crippen LogP contribution in [0.3, 0.4) is 0 Å². The van der Waals surface area contributed by atoms with Gasteiger partial charge in [-0.3, -0.25) is 0 Å². The average Bonchev–Trinajstić information content (AvgIpc) is 2.56. The third-order valence-electron chi connectivity index (χ3n) is 3.93. The third-order valence-corrected chi connectivity index (χ3v) is 5.15. The average molecular weight is 343 g/mol. The molecule has 0 N–H and O–H groups in total. The summed E-state index contributed by atoms with van der Waals surface area (Å²) in [5.41, 5.74) is 0. The van der Waals surface area contributed by atoms with E-state index in [0.717, 1.165) is 23.2 Å². The first-order chi connectivity index (χ1) is 11.2. The van der Waals surface area contributed by atoms with Crippen LogP contribution in [0.15, 0.2) is 30.6 Å². The second-order valence-electron chi connectivity index (χ2n) is 6.02. The molecule has 0 radical (unpaired) electrons. The van der Waals surface area contributed by atoms with Crippen molar-refractivity contribution in [2.75, 3.05) is 6.61 Å². The molecule has 1 rings (SSSR count). The van der Waals surface area contributed by atoms with Gasteiger partial charge in [0.1, 0.15) is 0 Å². The maximum Gasteiger partial charge on any atom is 0.513 e. The molecule has 0 spiro atoms. The molecule has 1 aromatic heterocycles. The van der Waals surface area contributed by atoms with Gasteiger partial charge < -0.3 is 0 Å². The van der Waals surface area contributed by atoms with E-state index in [0.29, 0.717) is 0 Å². The van der Waals surface area contributed by atoms with Crippen LogP contribution in [0.25, 0.3) is 0 Å². The van der Waals surface area contributed by atoms with E-state index in [1.165, 1.54) is 63.8 Å². The van der Waals surface area contributed by atoms with E-state index in [-0.39, 0.29) is 6.61 Å². The Balaban J connectivity index is 1.96. The van der Waals surface area contributed by atoms with E-state index in [1.54, 1.807) is 18.2 Å². The predicted molar refractivity (Wildman–Crippen MR) is 93.4 cm³/mol. The Kier molecular flexibility index (Phi) is 10.9. The lowest BCUT2D eigenvalue weighted by atomic mass is 10.1. The number of pyridine rings is 1. The van der Waals surface area contributed by atoms with E-state index in [2.05, 4.69) is 6.92 Å². The Bertz CT molecular complexity index is 488. The summed E-state index contributed by atoms with van der Waals surface area (Å²) in [5, 5.41) is 0. The highest BCUT2D eigenvalue weighted by atomic mass is 32.2. The standard InChI is InChI=1S/C18H32NO3S/c1-2-3-4-5-6-7-8-9-10-11-15-18-22-23(20,21)19-16-13-12-14-17-19/h12-14,16-17H,2-11,15,18H2,1H3/q+1. The zero-order valence-corrected chi connectivity index (χ0v) is 15.3. The zero-order chi connectivity index (χ0) is 16.8. The minimum Gasteiger partial charge on any atom is -0.218 e. The fourth-order valence-corrected chi connectivity index (χ4v) is 3.41. The molecule has 1 aromatic rings. The van der Waals surface area contributed by atoms with Crippen molar-refractivity contribution in [1.82, 2.24) is 0 Å². The van der Waals surface area contributed by atoms with Gasteiger partial charge in [0.25, 0.3) is 0 Å². The van der Waals surface area contributed by atoms with E-state index in [4.69, 9.17) is 4.18 Å². The summed E-state index contributed by atoms with van der Waals surface area (Å²) in [4.78, 5) is 0. The van der Waals surface area contributed by atoms with Crippen molar-refractivity contribution < 1.29 is 16.6 Å².